The summed E-state index contributed by atoms with van der Waals surface area (Å²) in [5, 5.41) is 0. The number of hydrogen-bond acceptors (Lipinski definition) is 2. The van der Waals surface area contributed by atoms with Crippen molar-refractivity contribution < 1.29 is 0 Å². The number of fused-ring (bicyclic) bond motifs is 1. The van der Waals surface area contributed by atoms with Crippen LogP contribution in [0.3, 0.4) is 0 Å². The molecule has 0 radical (unpaired) electrons. The largest absolute Gasteiger partial charge is 0.366 e. The van der Waals surface area contributed by atoms with Crippen molar-refractivity contribution in [3.8, 4) is 0 Å². The van der Waals surface area contributed by atoms with E-state index in [0.29, 0.717) is 0 Å². The quantitative estimate of drug-likeness (QED) is 0.900. The van der Waals surface area contributed by atoms with E-state index < -0.39 is 0 Å². The zero-order valence-corrected chi connectivity index (χ0v) is 13.2. The molecule has 1 aliphatic heterocycles. The molecule has 2 aromatic carbocycles. The molecule has 0 fully saturated rings. The smallest absolute Gasteiger partial charge is 0.0513 e. The van der Waals surface area contributed by atoms with Gasteiger partial charge in [0.25, 0.3) is 0 Å². The molecule has 0 aliphatic carbocycles. The Balaban J connectivity index is 1.88. The Morgan fingerprint density at radius 1 is 1.15 bits per heavy atom. The van der Waals surface area contributed by atoms with Gasteiger partial charge in [-0.15, -0.1) is 0 Å². The van der Waals surface area contributed by atoms with Crippen LogP contribution in [-0.4, -0.2) is 6.54 Å². The van der Waals surface area contributed by atoms with Gasteiger partial charge in [-0.1, -0.05) is 30.3 Å². The standard InChI is InChI=1S/C17H19BrN2/c1-12(19)14-6-7-17(16(18)10-14)20-9-8-13-4-2-3-5-15(13)11-20/h2-7,10,12H,8-9,11,19H2,1H3. The van der Waals surface area contributed by atoms with Gasteiger partial charge in [0.05, 0.1) is 5.69 Å². The van der Waals surface area contributed by atoms with E-state index in [1.165, 1.54) is 16.8 Å². The molecule has 0 saturated carbocycles. The fraction of sp³-hybridized carbons (Fsp3) is 0.294. The molecule has 0 amide bonds. The van der Waals surface area contributed by atoms with E-state index in [1.807, 2.05) is 6.92 Å². The number of anilines is 1. The fourth-order valence-electron chi connectivity index (χ4n) is 2.76. The molecule has 0 aromatic heterocycles. The second-order valence-corrected chi connectivity index (χ2v) is 6.29. The Kier molecular flexibility index (Phi) is 3.81. The minimum Gasteiger partial charge on any atom is -0.366 e. The third-order valence-electron chi connectivity index (χ3n) is 3.97. The highest BCUT2D eigenvalue weighted by Crippen LogP contribution is 2.32. The second kappa shape index (κ2) is 5.58. The fourth-order valence-corrected chi connectivity index (χ4v) is 3.41. The van der Waals surface area contributed by atoms with E-state index in [1.54, 1.807) is 0 Å². The topological polar surface area (TPSA) is 29.3 Å². The maximum absolute atomic E-state index is 5.94. The van der Waals surface area contributed by atoms with Crippen LogP contribution < -0.4 is 10.6 Å². The average molecular weight is 331 g/mol. The zero-order valence-electron chi connectivity index (χ0n) is 11.6. The zero-order chi connectivity index (χ0) is 14.1. The minimum atomic E-state index is 0.0717. The van der Waals surface area contributed by atoms with Crippen LogP contribution in [0.5, 0.6) is 0 Å². The SMILES string of the molecule is CC(N)c1ccc(N2CCc3ccccc3C2)c(Br)c1. The van der Waals surface area contributed by atoms with E-state index in [-0.39, 0.29) is 6.04 Å². The van der Waals surface area contributed by atoms with Gasteiger partial charge >= 0.3 is 0 Å². The molecule has 0 saturated heterocycles. The molecule has 1 atom stereocenters. The number of rotatable bonds is 2. The summed E-state index contributed by atoms with van der Waals surface area (Å²) in [5.74, 6) is 0. The molecule has 20 heavy (non-hydrogen) atoms. The third-order valence-corrected chi connectivity index (χ3v) is 4.60. The summed E-state index contributed by atoms with van der Waals surface area (Å²) < 4.78 is 1.13. The first-order valence-corrected chi connectivity index (χ1v) is 7.81. The number of nitrogens with two attached hydrogens (primary N) is 1. The lowest BCUT2D eigenvalue weighted by atomic mass is 9.99. The van der Waals surface area contributed by atoms with Gasteiger partial charge in [0, 0.05) is 23.6 Å². The molecule has 2 N–H and O–H groups in total. The highest BCUT2D eigenvalue weighted by Gasteiger charge is 2.18. The minimum absolute atomic E-state index is 0.0717. The van der Waals surface area contributed by atoms with E-state index in [2.05, 4.69) is 63.3 Å². The molecular formula is C17H19BrN2. The van der Waals surface area contributed by atoms with E-state index in [4.69, 9.17) is 5.73 Å². The first-order chi connectivity index (χ1) is 9.65. The van der Waals surface area contributed by atoms with Crippen molar-refractivity contribution in [2.75, 3.05) is 11.4 Å². The summed E-state index contributed by atoms with van der Waals surface area (Å²) >= 11 is 3.69. The Morgan fingerprint density at radius 2 is 1.90 bits per heavy atom. The number of halogens is 1. The van der Waals surface area contributed by atoms with Crippen LogP contribution in [0.1, 0.15) is 29.7 Å². The molecular weight excluding hydrogens is 312 g/mol. The van der Waals surface area contributed by atoms with E-state index in [0.717, 1.165) is 29.5 Å². The van der Waals surface area contributed by atoms with Crippen LogP contribution in [0, 0.1) is 0 Å². The molecule has 2 nitrogen and oxygen atoms in total. The summed E-state index contributed by atoms with van der Waals surface area (Å²) in [6.07, 6.45) is 1.11. The van der Waals surface area contributed by atoms with Crippen LogP contribution in [0.25, 0.3) is 0 Å². The van der Waals surface area contributed by atoms with Crippen molar-refractivity contribution in [3.63, 3.8) is 0 Å². The first kappa shape index (κ1) is 13.7. The molecule has 1 heterocycles. The van der Waals surface area contributed by atoms with Crippen molar-refractivity contribution in [2.24, 2.45) is 5.73 Å². The summed E-state index contributed by atoms with van der Waals surface area (Å²) in [7, 11) is 0. The Labute approximate surface area is 128 Å². The Morgan fingerprint density at radius 3 is 2.60 bits per heavy atom. The van der Waals surface area contributed by atoms with Crippen LogP contribution in [0.4, 0.5) is 5.69 Å². The lowest BCUT2D eigenvalue weighted by Crippen LogP contribution is -2.30. The van der Waals surface area contributed by atoms with Crippen molar-refractivity contribution in [1.82, 2.24) is 0 Å². The molecule has 0 bridgehead atoms. The first-order valence-electron chi connectivity index (χ1n) is 7.02. The lowest BCUT2D eigenvalue weighted by molar-refractivity contribution is 0.729. The summed E-state index contributed by atoms with van der Waals surface area (Å²) in [4.78, 5) is 2.43. The molecule has 3 rings (SSSR count). The van der Waals surface area contributed by atoms with Gasteiger partial charge in [-0.3, -0.25) is 0 Å². The van der Waals surface area contributed by atoms with Crippen molar-refractivity contribution >= 4 is 21.6 Å². The highest BCUT2D eigenvalue weighted by atomic mass is 79.9. The molecule has 0 spiro atoms. The number of nitrogens with zero attached hydrogens (tertiary/aromatic N) is 1. The second-order valence-electron chi connectivity index (χ2n) is 5.44. The maximum atomic E-state index is 5.94. The molecule has 104 valence electrons. The molecule has 3 heteroatoms. The van der Waals surface area contributed by atoms with Crippen molar-refractivity contribution in [2.45, 2.75) is 25.9 Å². The van der Waals surface area contributed by atoms with Crippen LogP contribution >= 0.6 is 15.9 Å². The monoisotopic (exact) mass is 330 g/mol. The molecule has 2 aromatic rings. The van der Waals surface area contributed by atoms with Gasteiger partial charge in [-0.25, -0.2) is 0 Å². The van der Waals surface area contributed by atoms with Gasteiger partial charge < -0.3 is 10.6 Å². The van der Waals surface area contributed by atoms with Gasteiger partial charge in [0.1, 0.15) is 0 Å². The van der Waals surface area contributed by atoms with Gasteiger partial charge in [-0.05, 0) is 58.1 Å². The van der Waals surface area contributed by atoms with Gasteiger partial charge in [0.15, 0.2) is 0 Å². The van der Waals surface area contributed by atoms with Gasteiger partial charge in [0.2, 0.25) is 0 Å². The summed E-state index contributed by atoms with van der Waals surface area (Å²) in [6, 6.07) is 15.2. The van der Waals surface area contributed by atoms with E-state index >= 15 is 0 Å². The summed E-state index contributed by atoms with van der Waals surface area (Å²) in [5.41, 5.74) is 11.3. The lowest BCUT2D eigenvalue weighted by Gasteiger charge is -2.31. The normalized spacial score (nSPS) is 15.8. The average Bonchev–Trinajstić information content (AvgIpc) is 2.46. The van der Waals surface area contributed by atoms with Crippen molar-refractivity contribution in [1.29, 1.82) is 0 Å². The van der Waals surface area contributed by atoms with E-state index in [9.17, 15) is 0 Å². The van der Waals surface area contributed by atoms with Crippen LogP contribution in [0.2, 0.25) is 0 Å². The number of hydrogen-bond donors (Lipinski definition) is 1. The third kappa shape index (κ3) is 2.60. The van der Waals surface area contributed by atoms with Crippen LogP contribution in [0.15, 0.2) is 46.9 Å². The van der Waals surface area contributed by atoms with Crippen LogP contribution in [-0.2, 0) is 13.0 Å². The highest BCUT2D eigenvalue weighted by molar-refractivity contribution is 9.10. The Bertz CT molecular complexity index is 622. The maximum Gasteiger partial charge on any atom is 0.0513 e. The van der Waals surface area contributed by atoms with Crippen molar-refractivity contribution in [3.05, 3.63) is 63.6 Å². The molecule has 1 unspecified atom stereocenters. The Hall–Kier alpha value is -1.32. The number of benzene rings is 2. The predicted octanol–water partition coefficient (Wildman–Crippen LogP) is 4.03. The predicted molar refractivity (Wildman–Crippen MR) is 87.9 cm³/mol. The summed E-state index contributed by atoms with van der Waals surface area (Å²) in [6.45, 7) is 4.05. The molecule has 1 aliphatic rings. The van der Waals surface area contributed by atoms with Gasteiger partial charge in [-0.2, -0.15) is 0 Å².